The lowest BCUT2D eigenvalue weighted by Crippen LogP contribution is -2.48. The van der Waals surface area contributed by atoms with Gasteiger partial charge in [0, 0.05) is 43.8 Å². The predicted molar refractivity (Wildman–Crippen MR) is 120 cm³/mol. The molecule has 1 atom stereocenters. The number of hydrogen-bond donors (Lipinski definition) is 1. The quantitative estimate of drug-likeness (QED) is 0.665. The zero-order chi connectivity index (χ0) is 18.8. The fourth-order valence-electron chi connectivity index (χ4n) is 3.20. The average molecular weight is 496 g/mol. The fourth-order valence-corrected chi connectivity index (χ4v) is 4.52. The Labute approximate surface area is 172 Å². The van der Waals surface area contributed by atoms with E-state index < -0.39 is 0 Å². The number of piperazine rings is 1. The second kappa shape index (κ2) is 8.04. The minimum atomic E-state index is -0.106. The van der Waals surface area contributed by atoms with Crippen molar-refractivity contribution in [2.75, 3.05) is 24.5 Å². The van der Waals surface area contributed by atoms with Crippen LogP contribution in [0.25, 0.3) is 0 Å². The maximum absolute atomic E-state index is 12.5. The number of nitrogens with one attached hydrogen (secondary N) is 1. The Balaban J connectivity index is 1.65. The average Bonchev–Trinajstić information content (AvgIpc) is 2.71. The molecule has 0 aliphatic carbocycles. The first kappa shape index (κ1) is 18.5. The Morgan fingerprint density at radius 1 is 1.30 bits per heavy atom. The zero-order valence-corrected chi connectivity index (χ0v) is 17.7. The standard InChI is InChI=1S/C19H19ClIN5O/c1-25-18(27)10-16(15-6-7-21-12-23-15)24-19(25)26-9-8-22-17(11-26)13-2-4-14(20)5-3-13/h2-7,10,12,17,22H,8-9,11H2,1H3/t17-/m1/s1. The van der Waals surface area contributed by atoms with Crippen LogP contribution in [0.3, 0.4) is 0 Å². The molecule has 3 heterocycles. The number of rotatable bonds is 3. The summed E-state index contributed by atoms with van der Waals surface area (Å²) in [7, 11) is 1.77. The molecule has 1 aromatic heterocycles. The van der Waals surface area contributed by atoms with Gasteiger partial charge < -0.3 is 10.2 Å². The lowest BCUT2D eigenvalue weighted by atomic mass is 10.0. The molecule has 2 aliphatic heterocycles. The summed E-state index contributed by atoms with van der Waals surface area (Å²) < 4.78 is 5.67. The molecule has 27 heavy (non-hydrogen) atoms. The normalized spacial score (nSPS) is 19.6. The molecule has 1 N–H and O–H groups in total. The third kappa shape index (κ3) is 4.04. The summed E-state index contributed by atoms with van der Waals surface area (Å²) in [5, 5.41) is 4.26. The first-order valence-electron chi connectivity index (χ1n) is 8.62. The fraction of sp³-hybridized carbons (Fsp3) is 0.263. The van der Waals surface area contributed by atoms with E-state index in [-0.39, 0.29) is 32.3 Å². The molecule has 140 valence electrons. The number of aliphatic imine (C=N–C) groups is 1. The van der Waals surface area contributed by atoms with Gasteiger partial charge in [-0.2, -0.15) is 0 Å². The summed E-state index contributed by atoms with van der Waals surface area (Å²) in [6.45, 7) is 2.32. The van der Waals surface area contributed by atoms with Crippen molar-refractivity contribution in [1.82, 2.24) is 14.9 Å². The zero-order valence-electron chi connectivity index (χ0n) is 14.8. The van der Waals surface area contributed by atoms with E-state index in [2.05, 4.69) is 19.3 Å². The molecule has 1 aromatic carbocycles. The van der Waals surface area contributed by atoms with Crippen LogP contribution in [-0.4, -0.2) is 39.0 Å². The van der Waals surface area contributed by atoms with E-state index in [1.807, 2.05) is 34.5 Å². The molecule has 2 aliphatic rings. The molecule has 2 aromatic rings. The molecule has 8 heteroatoms. The van der Waals surface area contributed by atoms with E-state index in [0.29, 0.717) is 11.6 Å². The van der Waals surface area contributed by atoms with Gasteiger partial charge in [0.25, 0.3) is 5.56 Å². The van der Waals surface area contributed by atoms with Crippen LogP contribution in [0.4, 0.5) is 5.95 Å². The van der Waals surface area contributed by atoms with Gasteiger partial charge in [0.1, 0.15) is 0 Å². The summed E-state index contributed by atoms with van der Waals surface area (Å²) in [6, 6.07) is 9.59. The van der Waals surface area contributed by atoms with Gasteiger partial charge in [0.15, 0.2) is 0 Å². The maximum atomic E-state index is 12.5. The van der Waals surface area contributed by atoms with Crippen LogP contribution in [0.1, 0.15) is 17.3 Å². The van der Waals surface area contributed by atoms with Crippen LogP contribution in [0.15, 0.2) is 50.3 Å². The maximum Gasteiger partial charge on any atom is 0.255 e. The number of allylic oxidation sites excluding steroid dienone is 1. The first-order valence-corrected chi connectivity index (χ1v) is 11.5. The topological polar surface area (TPSA) is 62.5 Å². The number of anilines is 1. The number of nitrogens with zero attached hydrogens (tertiary/aromatic N) is 4. The highest BCUT2D eigenvalue weighted by molar-refractivity contribution is 14.2. The third-order valence-corrected chi connectivity index (χ3v) is 6.27. The van der Waals surface area contributed by atoms with Gasteiger partial charge in [-0.15, -0.1) is 0 Å². The molecule has 0 amide bonds. The lowest BCUT2D eigenvalue weighted by molar-refractivity contribution is 0.462. The summed E-state index contributed by atoms with van der Waals surface area (Å²) in [5.74, 6) is 0.675. The molecule has 4 rings (SSSR count). The molecular formula is C19H19ClIN5O. The number of halogens is 2. The predicted octanol–water partition coefficient (Wildman–Crippen LogP) is 2.63. The summed E-state index contributed by atoms with van der Waals surface area (Å²) in [5.41, 5.74) is 2.48. The number of benzene rings is 1. The molecule has 1 saturated heterocycles. The second-order valence-corrected chi connectivity index (χ2v) is 8.81. The van der Waals surface area contributed by atoms with Crippen LogP contribution in [0, 0.1) is 0 Å². The van der Waals surface area contributed by atoms with E-state index in [9.17, 15) is 4.79 Å². The molecule has 0 spiro atoms. The van der Waals surface area contributed by atoms with Gasteiger partial charge >= 0.3 is 0 Å². The first-order chi connectivity index (χ1) is 13.1. The lowest BCUT2D eigenvalue weighted by Gasteiger charge is -2.35. The van der Waals surface area contributed by atoms with Crippen molar-refractivity contribution >= 4 is 48.1 Å². The third-order valence-electron chi connectivity index (χ3n) is 4.64. The second-order valence-electron chi connectivity index (χ2n) is 6.37. The van der Waals surface area contributed by atoms with Gasteiger partial charge in [-0.05, 0) is 27.9 Å². The van der Waals surface area contributed by atoms with Crippen LogP contribution in [-0.2, 0) is 7.05 Å². The van der Waals surface area contributed by atoms with Crippen molar-refractivity contribution < 1.29 is 0 Å². The molecule has 0 bridgehead atoms. The van der Waals surface area contributed by atoms with Gasteiger partial charge in [0.2, 0.25) is 5.95 Å². The van der Waals surface area contributed by atoms with E-state index in [1.54, 1.807) is 17.7 Å². The van der Waals surface area contributed by atoms with Crippen molar-refractivity contribution in [3.8, 4) is 0 Å². The largest absolute Gasteiger partial charge is 0.339 e. The molecule has 0 unspecified atom stereocenters. The Hall–Kier alpha value is -1.84. The van der Waals surface area contributed by atoms with Crippen LogP contribution < -0.4 is 15.8 Å². The van der Waals surface area contributed by atoms with Gasteiger partial charge in [-0.25, -0.2) is 9.98 Å². The highest BCUT2D eigenvalue weighted by atomic mass is 127. The number of hydrogen-bond acceptors (Lipinski definition) is 5. The highest BCUT2D eigenvalue weighted by Gasteiger charge is 2.24. The molecule has 0 radical (unpaired) electrons. The van der Waals surface area contributed by atoms with Gasteiger partial charge in [0.05, 0.1) is 15.5 Å². The molecule has 6 nitrogen and oxygen atoms in total. The van der Waals surface area contributed by atoms with E-state index in [1.165, 1.54) is 5.56 Å². The monoisotopic (exact) mass is 495 g/mol. The van der Waals surface area contributed by atoms with Crippen LogP contribution in [0.5, 0.6) is 0 Å². The highest BCUT2D eigenvalue weighted by Crippen LogP contribution is 2.22. The van der Waals surface area contributed by atoms with Crippen molar-refractivity contribution in [1.29, 1.82) is 0 Å². The van der Waals surface area contributed by atoms with Crippen molar-refractivity contribution in [2.24, 2.45) is 12.0 Å². The minimum Gasteiger partial charge on any atom is -0.339 e. The Kier molecular flexibility index (Phi) is 5.51. The minimum absolute atomic E-state index is 0.0760. The van der Waals surface area contributed by atoms with Gasteiger partial charge in [-0.1, -0.05) is 44.5 Å². The van der Waals surface area contributed by atoms with Crippen LogP contribution in [0.2, 0.25) is 5.02 Å². The van der Waals surface area contributed by atoms with Gasteiger partial charge in [-0.3, -0.25) is 9.36 Å². The summed E-state index contributed by atoms with van der Waals surface area (Å²) >= 11 is 5.90. The van der Waals surface area contributed by atoms with Crippen molar-refractivity contribution in [2.45, 2.75) is 6.04 Å². The van der Waals surface area contributed by atoms with E-state index in [0.717, 1.165) is 30.4 Å². The van der Waals surface area contributed by atoms with Crippen molar-refractivity contribution in [3.63, 3.8) is 0 Å². The molecule has 0 saturated carbocycles. The Bertz CT molecular complexity index is 996. The Morgan fingerprint density at radius 2 is 2.11 bits per heavy atom. The van der Waals surface area contributed by atoms with E-state index >= 15 is 0 Å². The SMILES string of the molecule is Cn1c(N2CCN[C@@H](c3ccc(Cl)cc3)C2)nc(C2=NC=IC=C2)cc1=O. The van der Waals surface area contributed by atoms with Crippen LogP contribution >= 0.6 is 32.3 Å². The van der Waals surface area contributed by atoms with E-state index in [4.69, 9.17) is 16.6 Å². The molecule has 1 fully saturated rings. The number of aromatic nitrogens is 2. The van der Waals surface area contributed by atoms with Crippen molar-refractivity contribution in [3.05, 3.63) is 67.1 Å². The Morgan fingerprint density at radius 3 is 2.85 bits per heavy atom. The smallest absolute Gasteiger partial charge is 0.255 e. The summed E-state index contributed by atoms with van der Waals surface area (Å²) in [4.78, 5) is 23.9. The molecular weight excluding hydrogens is 477 g/mol. The summed E-state index contributed by atoms with van der Waals surface area (Å²) in [6.07, 6.45) is 1.97.